The van der Waals surface area contributed by atoms with Crippen molar-refractivity contribution in [2.45, 2.75) is 45.6 Å². The quantitative estimate of drug-likeness (QED) is 0.407. The molecular weight excluding hydrogens is 266 g/mol. The van der Waals surface area contributed by atoms with Gasteiger partial charge in [0.2, 0.25) is 0 Å². The first-order valence-corrected chi connectivity index (χ1v) is 8.50. The van der Waals surface area contributed by atoms with Crippen LogP contribution in [0.5, 0.6) is 0 Å². The first-order chi connectivity index (χ1) is 10.3. The predicted molar refractivity (Wildman–Crippen MR) is 85.7 cm³/mol. The zero-order valence-electron chi connectivity index (χ0n) is 13.6. The SMILES string of the molecule is CCNC(=NCCCOCC1CCOCC1)NC1CC1C. The predicted octanol–water partition coefficient (Wildman–Crippen LogP) is 1.78. The van der Waals surface area contributed by atoms with Gasteiger partial charge in [-0.25, -0.2) is 0 Å². The molecule has 5 nitrogen and oxygen atoms in total. The van der Waals surface area contributed by atoms with E-state index in [0.717, 1.165) is 70.7 Å². The summed E-state index contributed by atoms with van der Waals surface area (Å²) < 4.78 is 11.1. The lowest BCUT2D eigenvalue weighted by molar-refractivity contribution is 0.0205. The standard InChI is InChI=1S/C16H31N3O2/c1-3-17-16(19-15-11-13(15)2)18-7-4-8-21-12-14-5-9-20-10-6-14/h13-15H,3-12H2,1-2H3,(H2,17,18,19). The third kappa shape index (κ3) is 6.66. The Morgan fingerprint density at radius 1 is 1.33 bits per heavy atom. The first-order valence-electron chi connectivity index (χ1n) is 8.50. The van der Waals surface area contributed by atoms with Crippen LogP contribution in [0.15, 0.2) is 4.99 Å². The van der Waals surface area contributed by atoms with Gasteiger partial charge in [-0.1, -0.05) is 6.92 Å². The number of hydrogen-bond donors (Lipinski definition) is 2. The fourth-order valence-electron chi connectivity index (χ4n) is 2.54. The largest absolute Gasteiger partial charge is 0.381 e. The van der Waals surface area contributed by atoms with E-state index in [1.165, 1.54) is 6.42 Å². The number of hydrogen-bond acceptors (Lipinski definition) is 3. The van der Waals surface area contributed by atoms with E-state index in [0.29, 0.717) is 12.0 Å². The highest BCUT2D eigenvalue weighted by Gasteiger charge is 2.33. The summed E-state index contributed by atoms with van der Waals surface area (Å²) in [6.07, 6.45) is 4.54. The van der Waals surface area contributed by atoms with E-state index in [9.17, 15) is 0 Å². The smallest absolute Gasteiger partial charge is 0.191 e. The van der Waals surface area contributed by atoms with Crippen LogP contribution in [0, 0.1) is 11.8 Å². The van der Waals surface area contributed by atoms with Gasteiger partial charge in [0.25, 0.3) is 0 Å². The third-order valence-corrected chi connectivity index (χ3v) is 4.19. The van der Waals surface area contributed by atoms with E-state index in [2.05, 4.69) is 29.5 Å². The van der Waals surface area contributed by atoms with Crippen LogP contribution < -0.4 is 10.6 Å². The lowest BCUT2D eigenvalue weighted by Gasteiger charge is -2.21. The summed E-state index contributed by atoms with van der Waals surface area (Å²) in [4.78, 5) is 4.61. The molecule has 2 N–H and O–H groups in total. The Hall–Kier alpha value is -0.810. The zero-order chi connectivity index (χ0) is 14.9. The van der Waals surface area contributed by atoms with Crippen molar-refractivity contribution in [2.75, 3.05) is 39.5 Å². The number of rotatable bonds is 8. The third-order valence-electron chi connectivity index (χ3n) is 4.19. The maximum Gasteiger partial charge on any atom is 0.191 e. The molecule has 122 valence electrons. The van der Waals surface area contributed by atoms with Crippen molar-refractivity contribution in [3.63, 3.8) is 0 Å². The highest BCUT2D eigenvalue weighted by Crippen LogP contribution is 2.28. The van der Waals surface area contributed by atoms with Crippen molar-refractivity contribution in [3.05, 3.63) is 0 Å². The van der Waals surface area contributed by atoms with Crippen LogP contribution in [0.3, 0.4) is 0 Å². The Labute approximate surface area is 128 Å². The number of guanidine groups is 1. The summed E-state index contributed by atoms with van der Waals surface area (Å²) in [6, 6.07) is 0.618. The Kier molecular flexibility index (Phi) is 7.30. The van der Waals surface area contributed by atoms with E-state index in [-0.39, 0.29) is 0 Å². The molecule has 1 saturated heterocycles. The molecule has 0 aromatic heterocycles. The molecule has 2 atom stereocenters. The van der Waals surface area contributed by atoms with Gasteiger partial charge in [-0.15, -0.1) is 0 Å². The molecule has 2 aliphatic rings. The molecule has 2 fully saturated rings. The highest BCUT2D eigenvalue weighted by atomic mass is 16.5. The number of nitrogens with one attached hydrogen (secondary N) is 2. The second-order valence-electron chi connectivity index (χ2n) is 6.21. The Morgan fingerprint density at radius 3 is 2.76 bits per heavy atom. The minimum absolute atomic E-state index is 0.618. The van der Waals surface area contributed by atoms with Crippen LogP contribution in [0.1, 0.15) is 39.5 Å². The van der Waals surface area contributed by atoms with Crippen LogP contribution >= 0.6 is 0 Å². The minimum atomic E-state index is 0.618. The molecule has 0 aromatic carbocycles. The van der Waals surface area contributed by atoms with Crippen LogP contribution in [0.25, 0.3) is 0 Å². The molecule has 1 heterocycles. The van der Waals surface area contributed by atoms with Crippen molar-refractivity contribution in [2.24, 2.45) is 16.8 Å². The minimum Gasteiger partial charge on any atom is -0.381 e. The molecule has 1 aliphatic carbocycles. The van der Waals surface area contributed by atoms with Gasteiger partial charge in [-0.3, -0.25) is 4.99 Å². The summed E-state index contributed by atoms with van der Waals surface area (Å²) in [5, 5.41) is 6.77. The molecule has 21 heavy (non-hydrogen) atoms. The Balaban J connectivity index is 1.52. The number of ether oxygens (including phenoxy) is 2. The Morgan fingerprint density at radius 2 is 2.10 bits per heavy atom. The van der Waals surface area contributed by atoms with Crippen molar-refractivity contribution < 1.29 is 9.47 Å². The van der Waals surface area contributed by atoms with Crippen LogP contribution in [0.2, 0.25) is 0 Å². The number of aliphatic imine (C=N–C) groups is 1. The maximum atomic E-state index is 5.76. The monoisotopic (exact) mass is 297 g/mol. The zero-order valence-corrected chi connectivity index (χ0v) is 13.6. The molecule has 1 aliphatic heterocycles. The fourth-order valence-corrected chi connectivity index (χ4v) is 2.54. The van der Waals surface area contributed by atoms with Gasteiger partial charge < -0.3 is 20.1 Å². The van der Waals surface area contributed by atoms with E-state index < -0.39 is 0 Å². The Bertz CT molecular complexity index is 317. The topological polar surface area (TPSA) is 54.9 Å². The molecule has 2 unspecified atom stereocenters. The fraction of sp³-hybridized carbons (Fsp3) is 0.938. The average molecular weight is 297 g/mol. The van der Waals surface area contributed by atoms with Crippen LogP contribution in [0.4, 0.5) is 0 Å². The van der Waals surface area contributed by atoms with Gasteiger partial charge in [-0.05, 0) is 44.4 Å². The second kappa shape index (κ2) is 9.26. The summed E-state index contributed by atoms with van der Waals surface area (Å²) in [7, 11) is 0. The molecule has 0 bridgehead atoms. The van der Waals surface area contributed by atoms with Crippen molar-refractivity contribution >= 4 is 5.96 Å². The maximum absolute atomic E-state index is 5.76. The number of nitrogens with zero attached hydrogens (tertiary/aromatic N) is 1. The van der Waals surface area contributed by atoms with Crippen molar-refractivity contribution in [3.8, 4) is 0 Å². The average Bonchev–Trinajstić information content (AvgIpc) is 3.19. The molecule has 5 heteroatoms. The van der Waals surface area contributed by atoms with Gasteiger partial charge in [-0.2, -0.15) is 0 Å². The molecule has 0 amide bonds. The summed E-state index contributed by atoms with van der Waals surface area (Å²) in [5.74, 6) is 2.44. The lowest BCUT2D eigenvalue weighted by Crippen LogP contribution is -2.39. The van der Waals surface area contributed by atoms with E-state index >= 15 is 0 Å². The van der Waals surface area contributed by atoms with Gasteiger partial charge in [0.05, 0.1) is 0 Å². The summed E-state index contributed by atoms with van der Waals surface area (Å²) in [5.41, 5.74) is 0. The van der Waals surface area contributed by atoms with Crippen molar-refractivity contribution in [1.82, 2.24) is 10.6 Å². The lowest BCUT2D eigenvalue weighted by atomic mass is 10.0. The molecule has 0 spiro atoms. The van der Waals surface area contributed by atoms with E-state index in [1.54, 1.807) is 0 Å². The molecular formula is C16H31N3O2. The van der Waals surface area contributed by atoms with Crippen LogP contribution in [-0.2, 0) is 9.47 Å². The first kappa shape index (κ1) is 16.6. The summed E-state index contributed by atoms with van der Waals surface area (Å²) in [6.45, 7) is 9.59. The van der Waals surface area contributed by atoms with E-state index in [1.807, 2.05) is 0 Å². The van der Waals surface area contributed by atoms with E-state index in [4.69, 9.17) is 9.47 Å². The van der Waals surface area contributed by atoms with Gasteiger partial charge in [0, 0.05) is 45.6 Å². The molecule has 1 saturated carbocycles. The molecule has 0 aromatic rings. The highest BCUT2D eigenvalue weighted by molar-refractivity contribution is 5.80. The summed E-state index contributed by atoms with van der Waals surface area (Å²) >= 11 is 0. The molecule has 2 rings (SSSR count). The van der Waals surface area contributed by atoms with Gasteiger partial charge in [0.15, 0.2) is 5.96 Å². The van der Waals surface area contributed by atoms with Crippen molar-refractivity contribution in [1.29, 1.82) is 0 Å². The van der Waals surface area contributed by atoms with Crippen LogP contribution in [-0.4, -0.2) is 51.5 Å². The molecule has 0 radical (unpaired) electrons. The second-order valence-corrected chi connectivity index (χ2v) is 6.21. The van der Waals surface area contributed by atoms with Gasteiger partial charge in [0.1, 0.15) is 0 Å². The normalized spacial score (nSPS) is 26.7. The van der Waals surface area contributed by atoms with Gasteiger partial charge >= 0.3 is 0 Å².